The predicted molar refractivity (Wildman–Crippen MR) is 83.2 cm³/mol. The van der Waals surface area contributed by atoms with Crippen LogP contribution in [-0.2, 0) is 16.1 Å². The first kappa shape index (κ1) is 18.4. The molecule has 0 spiro atoms. The van der Waals surface area contributed by atoms with Crippen molar-refractivity contribution in [2.45, 2.75) is 31.9 Å². The van der Waals surface area contributed by atoms with Gasteiger partial charge in [0, 0.05) is 18.7 Å². The Hall–Kier alpha value is -1.64. The van der Waals surface area contributed by atoms with E-state index >= 15 is 0 Å². The molecule has 1 atom stereocenters. The normalized spacial score (nSPS) is 11.7. The standard InChI is InChI=1S/C14H20FN3O3S/c15-12-6-4-11(5-7-12)10-21-14(20)18-13(9-19)3-1-2-8-17-22-16/h4-7,9,13,17H,1-3,8,10,16H2,(H,18,20). The van der Waals surface area contributed by atoms with Crippen LogP contribution in [0.15, 0.2) is 24.3 Å². The first-order chi connectivity index (χ1) is 10.7. The zero-order valence-electron chi connectivity index (χ0n) is 12.1. The largest absolute Gasteiger partial charge is 0.445 e. The number of carbonyl (C=O) groups is 2. The quantitative estimate of drug-likeness (QED) is 0.345. The van der Waals surface area contributed by atoms with Crippen molar-refractivity contribution in [3.8, 4) is 0 Å². The van der Waals surface area contributed by atoms with Gasteiger partial charge in [0.25, 0.3) is 0 Å². The van der Waals surface area contributed by atoms with Gasteiger partial charge in [0.1, 0.15) is 18.7 Å². The van der Waals surface area contributed by atoms with E-state index in [9.17, 15) is 14.0 Å². The summed E-state index contributed by atoms with van der Waals surface area (Å²) in [6.07, 6.45) is 2.17. The lowest BCUT2D eigenvalue weighted by Crippen LogP contribution is -2.36. The van der Waals surface area contributed by atoms with E-state index < -0.39 is 12.1 Å². The maximum Gasteiger partial charge on any atom is 0.408 e. The molecule has 1 unspecified atom stereocenters. The molecule has 0 aromatic heterocycles. The van der Waals surface area contributed by atoms with E-state index in [-0.39, 0.29) is 12.4 Å². The van der Waals surface area contributed by atoms with Gasteiger partial charge in [0.15, 0.2) is 0 Å². The van der Waals surface area contributed by atoms with Crippen LogP contribution in [0.3, 0.4) is 0 Å². The van der Waals surface area contributed by atoms with E-state index in [0.717, 1.165) is 31.5 Å². The zero-order chi connectivity index (χ0) is 16.2. The summed E-state index contributed by atoms with van der Waals surface area (Å²) in [7, 11) is 0. The van der Waals surface area contributed by atoms with Crippen molar-refractivity contribution in [2.75, 3.05) is 6.54 Å². The second-order valence-corrected chi connectivity index (χ2v) is 5.12. The van der Waals surface area contributed by atoms with Crippen molar-refractivity contribution in [2.24, 2.45) is 5.14 Å². The Morgan fingerprint density at radius 1 is 1.36 bits per heavy atom. The molecule has 1 aromatic rings. The lowest BCUT2D eigenvalue weighted by atomic mass is 10.1. The summed E-state index contributed by atoms with van der Waals surface area (Å²) in [6, 6.07) is 5.06. The van der Waals surface area contributed by atoms with E-state index in [0.29, 0.717) is 18.3 Å². The lowest BCUT2D eigenvalue weighted by molar-refractivity contribution is -0.109. The fraction of sp³-hybridized carbons (Fsp3) is 0.429. The molecule has 1 rings (SSSR count). The molecule has 6 nitrogen and oxygen atoms in total. The minimum absolute atomic E-state index is 0.0231. The average molecular weight is 329 g/mol. The van der Waals surface area contributed by atoms with Gasteiger partial charge < -0.3 is 14.8 Å². The lowest BCUT2D eigenvalue weighted by Gasteiger charge is -2.13. The Balaban J connectivity index is 2.23. The van der Waals surface area contributed by atoms with Crippen LogP contribution in [0.4, 0.5) is 9.18 Å². The number of benzene rings is 1. The number of aldehydes is 1. The second-order valence-electron chi connectivity index (χ2n) is 4.60. The predicted octanol–water partition coefficient (Wildman–Crippen LogP) is 1.90. The summed E-state index contributed by atoms with van der Waals surface area (Å²) >= 11 is 1.05. The van der Waals surface area contributed by atoms with Gasteiger partial charge in [-0.05, 0) is 37.0 Å². The monoisotopic (exact) mass is 329 g/mol. The van der Waals surface area contributed by atoms with Gasteiger partial charge >= 0.3 is 6.09 Å². The van der Waals surface area contributed by atoms with Crippen molar-refractivity contribution in [1.82, 2.24) is 10.0 Å². The molecule has 0 aliphatic carbocycles. The SMILES string of the molecule is NSNCCCCC(C=O)NC(=O)OCc1ccc(F)cc1. The van der Waals surface area contributed by atoms with Gasteiger partial charge in [0.05, 0.1) is 6.04 Å². The number of amides is 1. The maximum atomic E-state index is 12.7. The topological polar surface area (TPSA) is 93.5 Å². The molecule has 0 aliphatic rings. The number of carbonyl (C=O) groups excluding carboxylic acids is 2. The van der Waals surface area contributed by atoms with Gasteiger partial charge in [-0.2, -0.15) is 0 Å². The average Bonchev–Trinajstić information content (AvgIpc) is 2.53. The van der Waals surface area contributed by atoms with Crippen LogP contribution in [0.1, 0.15) is 24.8 Å². The number of rotatable bonds is 10. The molecule has 0 aliphatic heterocycles. The molecule has 0 bridgehead atoms. The molecule has 0 radical (unpaired) electrons. The molecule has 122 valence electrons. The summed E-state index contributed by atoms with van der Waals surface area (Å²) < 4.78 is 20.6. The minimum Gasteiger partial charge on any atom is -0.445 e. The Labute approximate surface area is 133 Å². The summed E-state index contributed by atoms with van der Waals surface area (Å²) in [6.45, 7) is 0.761. The third-order valence-electron chi connectivity index (χ3n) is 2.88. The van der Waals surface area contributed by atoms with E-state index in [1.807, 2.05) is 0 Å². The number of nitrogens with two attached hydrogens (primary N) is 1. The van der Waals surface area contributed by atoms with Crippen LogP contribution in [0.5, 0.6) is 0 Å². The van der Waals surface area contributed by atoms with Gasteiger partial charge in [-0.1, -0.05) is 12.1 Å². The van der Waals surface area contributed by atoms with Crippen molar-refractivity contribution in [1.29, 1.82) is 0 Å². The van der Waals surface area contributed by atoms with Crippen molar-refractivity contribution in [3.63, 3.8) is 0 Å². The van der Waals surface area contributed by atoms with Crippen molar-refractivity contribution in [3.05, 3.63) is 35.6 Å². The summed E-state index contributed by atoms with van der Waals surface area (Å²) in [4.78, 5) is 22.5. The molecule has 8 heteroatoms. The summed E-state index contributed by atoms with van der Waals surface area (Å²) in [5.41, 5.74) is 0.671. The molecular weight excluding hydrogens is 309 g/mol. The second kappa shape index (κ2) is 11.0. The highest BCUT2D eigenvalue weighted by atomic mass is 32.2. The highest BCUT2D eigenvalue weighted by molar-refractivity contribution is 7.95. The van der Waals surface area contributed by atoms with E-state index in [2.05, 4.69) is 10.0 Å². The van der Waals surface area contributed by atoms with Gasteiger partial charge in [-0.15, -0.1) is 0 Å². The van der Waals surface area contributed by atoms with Gasteiger partial charge in [0.2, 0.25) is 0 Å². The molecule has 1 amide bonds. The third-order valence-corrected chi connectivity index (χ3v) is 3.25. The van der Waals surface area contributed by atoms with Crippen LogP contribution in [0.2, 0.25) is 0 Å². The van der Waals surface area contributed by atoms with Crippen LogP contribution in [-0.4, -0.2) is 25.0 Å². The molecule has 4 N–H and O–H groups in total. The molecule has 0 saturated carbocycles. The van der Waals surface area contributed by atoms with E-state index in [4.69, 9.17) is 9.88 Å². The third kappa shape index (κ3) is 7.96. The summed E-state index contributed by atoms with van der Waals surface area (Å²) in [5.74, 6) is -0.350. The number of hydrogen-bond acceptors (Lipinski definition) is 6. The van der Waals surface area contributed by atoms with Crippen LogP contribution in [0.25, 0.3) is 0 Å². The first-order valence-electron chi connectivity index (χ1n) is 6.87. The number of ether oxygens (including phenoxy) is 1. The molecule has 0 saturated heterocycles. The highest BCUT2D eigenvalue weighted by Crippen LogP contribution is 2.05. The number of unbranched alkanes of at least 4 members (excludes halogenated alkanes) is 1. The number of nitrogens with one attached hydrogen (secondary N) is 2. The van der Waals surface area contributed by atoms with Crippen LogP contribution in [0, 0.1) is 5.82 Å². The van der Waals surface area contributed by atoms with Gasteiger partial charge in [-0.3, -0.25) is 9.86 Å². The highest BCUT2D eigenvalue weighted by Gasteiger charge is 2.12. The van der Waals surface area contributed by atoms with Crippen molar-refractivity contribution >= 4 is 24.5 Å². The molecule has 0 heterocycles. The molecular formula is C14H20FN3O3S. The van der Waals surface area contributed by atoms with Crippen LogP contribution >= 0.6 is 12.1 Å². The van der Waals surface area contributed by atoms with Gasteiger partial charge in [-0.25, -0.2) is 9.18 Å². The molecule has 1 aromatic carbocycles. The Bertz CT molecular complexity index is 459. The fourth-order valence-corrected chi connectivity index (χ4v) is 1.98. The van der Waals surface area contributed by atoms with Crippen LogP contribution < -0.4 is 15.2 Å². The fourth-order valence-electron chi connectivity index (χ4n) is 1.72. The summed E-state index contributed by atoms with van der Waals surface area (Å²) in [5, 5.41) is 7.69. The Morgan fingerprint density at radius 2 is 2.09 bits per heavy atom. The zero-order valence-corrected chi connectivity index (χ0v) is 12.9. The smallest absolute Gasteiger partial charge is 0.408 e. The Morgan fingerprint density at radius 3 is 2.73 bits per heavy atom. The van der Waals surface area contributed by atoms with E-state index in [1.54, 1.807) is 0 Å². The maximum absolute atomic E-state index is 12.7. The molecule has 0 fully saturated rings. The first-order valence-corrected chi connectivity index (χ1v) is 7.75. The van der Waals surface area contributed by atoms with E-state index in [1.165, 1.54) is 24.3 Å². The Kier molecular flexibility index (Phi) is 9.20. The number of alkyl carbamates (subject to hydrolysis) is 1. The minimum atomic E-state index is -0.669. The number of hydrogen-bond donors (Lipinski definition) is 3. The molecule has 22 heavy (non-hydrogen) atoms. The van der Waals surface area contributed by atoms with Crippen molar-refractivity contribution < 1.29 is 18.7 Å². The number of halogens is 1.